The van der Waals surface area contributed by atoms with Gasteiger partial charge < -0.3 is 9.64 Å². The minimum absolute atomic E-state index is 0.0369. The summed E-state index contributed by atoms with van der Waals surface area (Å²) in [6, 6.07) is 11.4. The van der Waals surface area contributed by atoms with Gasteiger partial charge in [-0.1, -0.05) is 17.7 Å². The fourth-order valence-electron chi connectivity index (χ4n) is 2.90. The molecule has 6 heteroatoms. The molecule has 134 valence electrons. The van der Waals surface area contributed by atoms with E-state index in [0.717, 1.165) is 25.3 Å². The number of carbonyl (C=O) groups is 1. The molecule has 1 aromatic heterocycles. The fourth-order valence-corrected chi connectivity index (χ4v) is 5.26. The van der Waals surface area contributed by atoms with Gasteiger partial charge in [-0.25, -0.2) is 0 Å². The number of thiophene rings is 1. The summed E-state index contributed by atoms with van der Waals surface area (Å²) in [5.74, 6) is 1.64. The van der Waals surface area contributed by atoms with Gasteiger partial charge in [0.25, 0.3) is 5.91 Å². The van der Waals surface area contributed by atoms with Gasteiger partial charge in [-0.05, 0) is 56.0 Å². The van der Waals surface area contributed by atoms with E-state index < -0.39 is 5.60 Å². The van der Waals surface area contributed by atoms with Crippen molar-refractivity contribution in [2.24, 2.45) is 0 Å². The lowest BCUT2D eigenvalue weighted by atomic mass is 10.1. The van der Waals surface area contributed by atoms with Crippen molar-refractivity contribution in [2.45, 2.75) is 31.1 Å². The van der Waals surface area contributed by atoms with Crippen LogP contribution < -0.4 is 4.74 Å². The molecule has 1 saturated heterocycles. The Morgan fingerprint density at radius 3 is 2.68 bits per heavy atom. The number of hydrogen-bond donors (Lipinski definition) is 0. The summed E-state index contributed by atoms with van der Waals surface area (Å²) in [4.78, 5) is 16.3. The molecule has 0 radical (unpaired) electrons. The van der Waals surface area contributed by atoms with Crippen molar-refractivity contribution >= 4 is 40.6 Å². The van der Waals surface area contributed by atoms with E-state index in [1.807, 2.05) is 30.5 Å². The Hall–Kier alpha value is -1.17. The second kappa shape index (κ2) is 8.02. The molecule has 1 unspecified atom stereocenters. The van der Waals surface area contributed by atoms with E-state index in [0.29, 0.717) is 16.0 Å². The molecule has 2 heterocycles. The molecular formula is C19H22ClNO2S2. The Bertz CT molecular complexity index is 701. The number of hydrogen-bond acceptors (Lipinski definition) is 4. The number of nitrogens with zero attached hydrogens (tertiary/aromatic N) is 1. The van der Waals surface area contributed by atoms with Crippen LogP contribution in [-0.2, 0) is 4.79 Å². The quantitative estimate of drug-likeness (QED) is 0.706. The molecule has 0 bridgehead atoms. The van der Waals surface area contributed by atoms with Gasteiger partial charge >= 0.3 is 0 Å². The maximum absolute atomic E-state index is 13.0. The normalized spacial score (nSPS) is 18.7. The van der Waals surface area contributed by atoms with E-state index in [1.54, 1.807) is 35.6 Å². The molecule has 2 aromatic rings. The second-order valence-electron chi connectivity index (χ2n) is 6.52. The average Bonchev–Trinajstić information content (AvgIpc) is 3.01. The Morgan fingerprint density at radius 2 is 2.00 bits per heavy atom. The third-order valence-corrected chi connectivity index (χ3v) is 6.89. The highest BCUT2D eigenvalue weighted by atomic mass is 35.5. The van der Waals surface area contributed by atoms with Crippen LogP contribution in [0.1, 0.15) is 30.4 Å². The number of thioether (sulfide) groups is 1. The highest BCUT2D eigenvalue weighted by Crippen LogP contribution is 2.37. The van der Waals surface area contributed by atoms with Gasteiger partial charge in [0.1, 0.15) is 5.75 Å². The predicted octanol–water partition coefficient (Wildman–Crippen LogP) is 5.27. The van der Waals surface area contributed by atoms with Crippen molar-refractivity contribution in [2.75, 3.05) is 18.8 Å². The number of amides is 1. The van der Waals surface area contributed by atoms with Gasteiger partial charge in [0.05, 0.1) is 0 Å². The number of carbonyl (C=O) groups excluding carboxylic acids is 1. The molecular weight excluding hydrogens is 374 g/mol. The van der Waals surface area contributed by atoms with Crippen LogP contribution in [0.15, 0.2) is 41.8 Å². The van der Waals surface area contributed by atoms with Crippen LogP contribution >= 0.6 is 34.7 Å². The van der Waals surface area contributed by atoms with Gasteiger partial charge in [-0.15, -0.1) is 11.3 Å². The number of ether oxygens (including phenoxy) is 1. The largest absolute Gasteiger partial charge is 0.478 e. The molecule has 1 aromatic carbocycles. The second-order valence-corrected chi connectivity index (χ2v) is 9.25. The molecule has 1 atom stereocenters. The van der Waals surface area contributed by atoms with E-state index in [-0.39, 0.29) is 5.91 Å². The molecule has 0 spiro atoms. The Balaban J connectivity index is 1.64. The zero-order valence-corrected chi connectivity index (χ0v) is 16.8. The monoisotopic (exact) mass is 395 g/mol. The lowest BCUT2D eigenvalue weighted by molar-refractivity contribution is -0.145. The van der Waals surface area contributed by atoms with Crippen LogP contribution in [0.5, 0.6) is 5.75 Å². The maximum atomic E-state index is 13.0. The highest BCUT2D eigenvalue weighted by Gasteiger charge is 2.35. The van der Waals surface area contributed by atoms with Crippen LogP contribution in [0.2, 0.25) is 5.02 Å². The van der Waals surface area contributed by atoms with Crippen LogP contribution in [0, 0.1) is 0 Å². The van der Waals surface area contributed by atoms with Gasteiger partial charge in [0.2, 0.25) is 0 Å². The third kappa shape index (κ3) is 4.72. The van der Waals surface area contributed by atoms with Crippen LogP contribution in [0.4, 0.5) is 0 Å². The van der Waals surface area contributed by atoms with Crippen LogP contribution in [-0.4, -0.2) is 35.3 Å². The molecule has 0 saturated carbocycles. The molecule has 3 nitrogen and oxygen atoms in total. The standard InChI is InChI=1S/C19H22ClNO2S2/c1-19(2,23-15-7-5-14(20)6-8-15)18(22)21-10-9-17(25-13-11-21)16-4-3-12-24-16/h3-8,12,17H,9-11,13H2,1-2H3. The minimum Gasteiger partial charge on any atom is -0.478 e. The maximum Gasteiger partial charge on any atom is 0.266 e. The third-order valence-electron chi connectivity index (χ3n) is 4.19. The fraction of sp³-hybridized carbons (Fsp3) is 0.421. The highest BCUT2D eigenvalue weighted by molar-refractivity contribution is 7.99. The summed E-state index contributed by atoms with van der Waals surface area (Å²) in [7, 11) is 0. The van der Waals surface area contributed by atoms with Gasteiger partial charge in [0.15, 0.2) is 5.60 Å². The van der Waals surface area contributed by atoms with Crippen molar-refractivity contribution in [3.8, 4) is 5.75 Å². The number of benzene rings is 1. The molecule has 1 fully saturated rings. The van der Waals surface area contributed by atoms with E-state index in [1.165, 1.54) is 4.88 Å². The summed E-state index contributed by atoms with van der Waals surface area (Å²) in [6.07, 6.45) is 0.980. The summed E-state index contributed by atoms with van der Waals surface area (Å²) in [6.45, 7) is 5.19. The summed E-state index contributed by atoms with van der Waals surface area (Å²) < 4.78 is 5.96. The van der Waals surface area contributed by atoms with Gasteiger partial charge in [-0.2, -0.15) is 11.8 Å². The molecule has 0 aliphatic carbocycles. The Morgan fingerprint density at radius 1 is 1.24 bits per heavy atom. The topological polar surface area (TPSA) is 29.5 Å². The van der Waals surface area contributed by atoms with E-state index >= 15 is 0 Å². The van der Waals surface area contributed by atoms with Crippen LogP contribution in [0.3, 0.4) is 0 Å². The van der Waals surface area contributed by atoms with Crippen LogP contribution in [0.25, 0.3) is 0 Å². The minimum atomic E-state index is -0.902. The first-order chi connectivity index (χ1) is 12.0. The lowest BCUT2D eigenvalue weighted by Gasteiger charge is -2.31. The van der Waals surface area contributed by atoms with Gasteiger partial charge in [0, 0.05) is 34.0 Å². The summed E-state index contributed by atoms with van der Waals surface area (Å²) >= 11 is 9.65. The summed E-state index contributed by atoms with van der Waals surface area (Å²) in [5.41, 5.74) is -0.902. The number of rotatable bonds is 4. The first kappa shape index (κ1) is 18.6. The van der Waals surface area contributed by atoms with Crippen molar-refractivity contribution < 1.29 is 9.53 Å². The SMILES string of the molecule is CC(C)(Oc1ccc(Cl)cc1)C(=O)N1CCSC(c2cccs2)CC1. The first-order valence-electron chi connectivity index (χ1n) is 8.35. The van der Waals surface area contributed by atoms with E-state index in [4.69, 9.17) is 16.3 Å². The first-order valence-corrected chi connectivity index (χ1v) is 10.7. The van der Waals surface area contributed by atoms with E-state index in [2.05, 4.69) is 17.5 Å². The zero-order chi connectivity index (χ0) is 17.9. The summed E-state index contributed by atoms with van der Waals surface area (Å²) in [5, 5.41) is 3.26. The molecule has 1 aliphatic heterocycles. The molecule has 1 amide bonds. The molecule has 0 N–H and O–H groups in total. The molecule has 3 rings (SSSR count). The lowest BCUT2D eigenvalue weighted by Crippen LogP contribution is -2.49. The molecule has 1 aliphatic rings. The smallest absolute Gasteiger partial charge is 0.266 e. The van der Waals surface area contributed by atoms with Crippen molar-refractivity contribution in [1.82, 2.24) is 4.90 Å². The predicted molar refractivity (Wildman–Crippen MR) is 107 cm³/mol. The average molecular weight is 396 g/mol. The number of halogens is 1. The van der Waals surface area contributed by atoms with Crippen molar-refractivity contribution in [3.05, 3.63) is 51.7 Å². The van der Waals surface area contributed by atoms with Crippen molar-refractivity contribution in [1.29, 1.82) is 0 Å². The van der Waals surface area contributed by atoms with E-state index in [9.17, 15) is 4.79 Å². The van der Waals surface area contributed by atoms with Crippen molar-refractivity contribution in [3.63, 3.8) is 0 Å². The Kier molecular flexibility index (Phi) is 5.97. The molecule has 25 heavy (non-hydrogen) atoms. The van der Waals surface area contributed by atoms with Gasteiger partial charge in [-0.3, -0.25) is 4.79 Å². The Labute approximate surface area is 162 Å². The zero-order valence-electron chi connectivity index (χ0n) is 14.4.